The molecule has 1 amide bonds. The lowest BCUT2D eigenvalue weighted by atomic mass is 10.2. The van der Waals surface area contributed by atoms with Crippen LogP contribution in [0.15, 0.2) is 34.7 Å². The number of carbonyl (C=O) groups excluding carboxylic acids is 1. The molecule has 0 saturated carbocycles. The highest BCUT2D eigenvalue weighted by molar-refractivity contribution is 7.89. The van der Waals surface area contributed by atoms with Crippen molar-refractivity contribution in [2.45, 2.75) is 17.7 Å². The maximum Gasteiger partial charge on any atom is 0.259 e. The molecule has 1 N–H and O–H groups in total. The maximum absolute atomic E-state index is 12.6. The molecule has 1 aliphatic heterocycles. The number of hydrogen-bond acceptors (Lipinski definition) is 5. The number of thiazole rings is 1. The molecule has 2 heterocycles. The minimum atomic E-state index is -3.59. The quantitative estimate of drug-likeness (QED) is 0.896. The number of benzene rings is 1. The van der Waals surface area contributed by atoms with Crippen molar-refractivity contribution in [1.82, 2.24) is 9.29 Å². The zero-order chi connectivity index (χ0) is 16.4. The molecule has 0 spiro atoms. The van der Waals surface area contributed by atoms with E-state index in [4.69, 9.17) is 11.6 Å². The normalized spacial score (nSPS) is 15.7. The van der Waals surface area contributed by atoms with Crippen molar-refractivity contribution in [2.75, 3.05) is 18.4 Å². The Morgan fingerprint density at radius 3 is 2.70 bits per heavy atom. The van der Waals surface area contributed by atoms with E-state index >= 15 is 0 Å². The third kappa shape index (κ3) is 3.40. The van der Waals surface area contributed by atoms with Crippen molar-refractivity contribution < 1.29 is 13.2 Å². The van der Waals surface area contributed by atoms with Gasteiger partial charge in [0.25, 0.3) is 5.91 Å². The van der Waals surface area contributed by atoms with Crippen LogP contribution in [0, 0.1) is 0 Å². The number of sulfonamides is 1. The van der Waals surface area contributed by atoms with Gasteiger partial charge in [0.1, 0.15) is 0 Å². The van der Waals surface area contributed by atoms with E-state index in [1.807, 2.05) is 0 Å². The molecule has 122 valence electrons. The molecule has 1 aliphatic rings. The number of carbonyl (C=O) groups is 1. The Hall–Kier alpha value is -1.48. The highest BCUT2D eigenvalue weighted by atomic mass is 35.5. The van der Waals surface area contributed by atoms with Crippen LogP contribution >= 0.6 is 22.9 Å². The van der Waals surface area contributed by atoms with E-state index in [1.165, 1.54) is 33.8 Å². The maximum atomic E-state index is 12.6. The molecule has 1 saturated heterocycles. The lowest BCUT2D eigenvalue weighted by molar-refractivity contribution is 0.102. The minimum Gasteiger partial charge on any atom is -0.298 e. The summed E-state index contributed by atoms with van der Waals surface area (Å²) in [5, 5.41) is 4.95. The van der Waals surface area contributed by atoms with Crippen molar-refractivity contribution >= 4 is 44.0 Å². The second-order valence-electron chi connectivity index (χ2n) is 5.04. The number of nitrogens with one attached hydrogen (secondary N) is 1. The van der Waals surface area contributed by atoms with Gasteiger partial charge in [-0.25, -0.2) is 13.4 Å². The highest BCUT2D eigenvalue weighted by Gasteiger charge is 2.28. The molecule has 0 bridgehead atoms. The number of nitrogens with zero attached hydrogens (tertiary/aromatic N) is 2. The molecule has 6 nitrogen and oxygen atoms in total. The third-order valence-electron chi connectivity index (χ3n) is 3.54. The average molecular weight is 372 g/mol. The predicted octanol–water partition coefficient (Wildman–Crippen LogP) is 2.83. The average Bonchev–Trinajstić information content (AvgIpc) is 3.20. The summed E-state index contributed by atoms with van der Waals surface area (Å²) in [5.74, 6) is -0.483. The second-order valence-corrected chi connectivity index (χ2v) is 8.28. The molecule has 1 aromatic carbocycles. The summed E-state index contributed by atoms with van der Waals surface area (Å²) in [6, 6.07) is 4.18. The molecule has 0 aliphatic carbocycles. The van der Waals surface area contributed by atoms with Crippen molar-refractivity contribution in [3.63, 3.8) is 0 Å². The summed E-state index contributed by atoms with van der Waals surface area (Å²) in [6.07, 6.45) is 3.27. The van der Waals surface area contributed by atoms with Crippen molar-refractivity contribution in [2.24, 2.45) is 0 Å². The fourth-order valence-electron chi connectivity index (χ4n) is 2.37. The summed E-state index contributed by atoms with van der Waals surface area (Å²) in [6.45, 7) is 1.01. The summed E-state index contributed by atoms with van der Waals surface area (Å²) in [4.78, 5) is 16.3. The van der Waals surface area contributed by atoms with E-state index in [9.17, 15) is 13.2 Å². The van der Waals surface area contributed by atoms with E-state index < -0.39 is 15.9 Å². The third-order valence-corrected chi connectivity index (χ3v) is 6.45. The van der Waals surface area contributed by atoms with E-state index in [0.29, 0.717) is 18.2 Å². The lowest BCUT2D eigenvalue weighted by Gasteiger charge is -2.16. The topological polar surface area (TPSA) is 79.4 Å². The number of hydrogen-bond donors (Lipinski definition) is 1. The minimum absolute atomic E-state index is 0.0769. The van der Waals surface area contributed by atoms with Crippen LogP contribution in [0.3, 0.4) is 0 Å². The first-order chi connectivity index (χ1) is 11.0. The summed E-state index contributed by atoms with van der Waals surface area (Å²) < 4.78 is 26.6. The Morgan fingerprint density at radius 1 is 1.30 bits per heavy atom. The van der Waals surface area contributed by atoms with Gasteiger partial charge in [0.2, 0.25) is 10.0 Å². The molecule has 9 heteroatoms. The monoisotopic (exact) mass is 371 g/mol. The first-order valence-corrected chi connectivity index (χ1v) is 9.69. The Morgan fingerprint density at radius 2 is 2.04 bits per heavy atom. The molecule has 0 unspecified atom stereocenters. The first-order valence-electron chi connectivity index (χ1n) is 6.99. The van der Waals surface area contributed by atoms with Crippen LogP contribution in [0.2, 0.25) is 5.02 Å². The fraction of sp³-hybridized carbons (Fsp3) is 0.286. The van der Waals surface area contributed by atoms with Gasteiger partial charge in [-0.15, -0.1) is 11.3 Å². The van der Waals surface area contributed by atoms with Gasteiger partial charge in [-0.1, -0.05) is 11.6 Å². The molecule has 23 heavy (non-hydrogen) atoms. The van der Waals surface area contributed by atoms with Crippen LogP contribution in [-0.4, -0.2) is 36.7 Å². The van der Waals surface area contributed by atoms with Crippen molar-refractivity contribution in [1.29, 1.82) is 0 Å². The zero-order valence-electron chi connectivity index (χ0n) is 12.0. The molecular weight excluding hydrogens is 358 g/mol. The van der Waals surface area contributed by atoms with E-state index in [1.54, 1.807) is 11.6 Å². The standard InChI is InChI=1S/C14H14ClN3O3S2/c15-12-4-3-10(23(20,21)18-6-1-2-7-18)9-11(12)13(19)17-14-16-5-8-22-14/h3-5,8-9H,1-2,6-7H2,(H,16,17,19). The van der Waals surface area contributed by atoms with Gasteiger partial charge >= 0.3 is 0 Å². The summed E-state index contributed by atoms with van der Waals surface area (Å²) in [5.41, 5.74) is 0.113. The smallest absolute Gasteiger partial charge is 0.259 e. The number of anilines is 1. The molecule has 0 radical (unpaired) electrons. The fourth-order valence-corrected chi connectivity index (χ4v) is 4.64. The molecule has 1 aromatic heterocycles. The zero-order valence-corrected chi connectivity index (χ0v) is 14.4. The van der Waals surface area contributed by atoms with E-state index in [2.05, 4.69) is 10.3 Å². The molecule has 3 rings (SSSR count). The Labute approximate surface area is 143 Å². The van der Waals surface area contributed by atoms with Crippen LogP contribution in [-0.2, 0) is 10.0 Å². The van der Waals surface area contributed by atoms with Gasteiger partial charge < -0.3 is 0 Å². The van der Waals surface area contributed by atoms with Crippen molar-refractivity contribution in [3.8, 4) is 0 Å². The molecule has 1 fully saturated rings. The first kappa shape index (κ1) is 16.4. The predicted molar refractivity (Wildman–Crippen MR) is 89.5 cm³/mol. The number of amides is 1. The Bertz CT molecular complexity index is 816. The van der Waals surface area contributed by atoms with Crippen LogP contribution < -0.4 is 5.32 Å². The number of rotatable bonds is 4. The van der Waals surface area contributed by atoms with Gasteiger partial charge in [0, 0.05) is 24.7 Å². The molecule has 2 aromatic rings. The Balaban J connectivity index is 1.91. The van der Waals surface area contributed by atoms with Crippen LogP contribution in [0.5, 0.6) is 0 Å². The summed E-state index contributed by atoms with van der Waals surface area (Å²) in [7, 11) is -3.59. The van der Waals surface area contributed by atoms with Gasteiger partial charge in [-0.3, -0.25) is 10.1 Å². The SMILES string of the molecule is O=C(Nc1nccs1)c1cc(S(=O)(=O)N2CCCC2)ccc1Cl. The van der Waals surface area contributed by atoms with Gasteiger partial charge in [-0.05, 0) is 31.0 Å². The van der Waals surface area contributed by atoms with E-state index in [-0.39, 0.29) is 15.5 Å². The lowest BCUT2D eigenvalue weighted by Crippen LogP contribution is -2.28. The van der Waals surface area contributed by atoms with Gasteiger partial charge in [0.05, 0.1) is 15.5 Å². The second kappa shape index (κ2) is 6.56. The van der Waals surface area contributed by atoms with Crippen LogP contribution in [0.4, 0.5) is 5.13 Å². The van der Waals surface area contributed by atoms with Gasteiger partial charge in [0.15, 0.2) is 5.13 Å². The molecule has 0 atom stereocenters. The highest BCUT2D eigenvalue weighted by Crippen LogP contribution is 2.26. The van der Waals surface area contributed by atoms with Crippen LogP contribution in [0.1, 0.15) is 23.2 Å². The molecular formula is C14H14ClN3O3S2. The largest absolute Gasteiger partial charge is 0.298 e. The van der Waals surface area contributed by atoms with Gasteiger partial charge in [-0.2, -0.15) is 4.31 Å². The summed E-state index contributed by atoms with van der Waals surface area (Å²) >= 11 is 7.32. The Kier molecular flexibility index (Phi) is 4.67. The number of halogens is 1. The van der Waals surface area contributed by atoms with Crippen LogP contribution in [0.25, 0.3) is 0 Å². The van der Waals surface area contributed by atoms with Crippen molar-refractivity contribution in [3.05, 3.63) is 40.4 Å². The number of aromatic nitrogens is 1. The van der Waals surface area contributed by atoms with E-state index in [0.717, 1.165) is 12.8 Å².